The first-order chi connectivity index (χ1) is 15.9. The highest BCUT2D eigenvalue weighted by atomic mass is 16.7. The summed E-state index contributed by atoms with van der Waals surface area (Å²) in [5.74, 6) is -1.13. The standard InChI is InChI=1S/C28H42O6/c1-19(8-6-16-26(2,3)34-25(30)33-5)22-13-14-23-21(9-7-17-27(22,23)4)12-10-20-11-15-24(29)28(31,32)18-20/h6,8,10,12,22-24,29,31-32H,1,7,9,11,13-18H2,2-5H3/t22-,23+,24?,27-/m1/s1. The molecule has 1 unspecified atom stereocenters. The van der Waals surface area contributed by atoms with E-state index in [2.05, 4.69) is 36.5 Å². The normalized spacial score (nSPS) is 33.8. The maximum atomic E-state index is 11.4. The number of rotatable bonds is 6. The molecule has 3 aliphatic rings. The largest absolute Gasteiger partial charge is 0.508 e. The van der Waals surface area contributed by atoms with E-state index in [-0.39, 0.29) is 11.8 Å². The van der Waals surface area contributed by atoms with E-state index in [1.165, 1.54) is 19.1 Å². The third kappa shape index (κ3) is 6.02. The summed E-state index contributed by atoms with van der Waals surface area (Å²) in [6.07, 6.45) is 14.0. The van der Waals surface area contributed by atoms with Crippen LogP contribution in [-0.2, 0) is 9.47 Å². The van der Waals surface area contributed by atoms with Crippen molar-refractivity contribution < 1.29 is 29.6 Å². The molecule has 6 nitrogen and oxygen atoms in total. The van der Waals surface area contributed by atoms with Crippen molar-refractivity contribution in [2.24, 2.45) is 17.3 Å². The number of aliphatic hydroxyl groups excluding tert-OH is 1. The van der Waals surface area contributed by atoms with Gasteiger partial charge in [0.05, 0.1) is 7.11 Å². The lowest BCUT2D eigenvalue weighted by Gasteiger charge is -2.42. The molecule has 0 radical (unpaired) electrons. The van der Waals surface area contributed by atoms with Crippen molar-refractivity contribution >= 4 is 6.16 Å². The van der Waals surface area contributed by atoms with E-state index in [9.17, 15) is 20.1 Å². The van der Waals surface area contributed by atoms with Gasteiger partial charge in [-0.3, -0.25) is 0 Å². The Morgan fingerprint density at radius 1 is 1.21 bits per heavy atom. The van der Waals surface area contributed by atoms with E-state index in [0.717, 1.165) is 36.8 Å². The van der Waals surface area contributed by atoms with E-state index in [4.69, 9.17) is 4.74 Å². The molecule has 0 aliphatic heterocycles. The van der Waals surface area contributed by atoms with Crippen molar-refractivity contribution in [3.05, 3.63) is 47.6 Å². The molecule has 3 aliphatic carbocycles. The monoisotopic (exact) mass is 474 g/mol. The second kappa shape index (κ2) is 10.4. The van der Waals surface area contributed by atoms with Gasteiger partial charge in [-0.05, 0) is 76.0 Å². The SMILES string of the molecule is C=C(C=CCC(C)(C)OC(=O)OC)[C@H]1CC[C@H]2C(=CC=C3CCC(O)C(O)(O)C3)CCC[C@]12C. The van der Waals surface area contributed by atoms with Gasteiger partial charge in [-0.1, -0.05) is 54.5 Å². The van der Waals surface area contributed by atoms with E-state index < -0.39 is 23.6 Å². The zero-order chi connectivity index (χ0) is 25.1. The number of carbonyl (C=O) groups excluding carboxylic acids is 1. The topological polar surface area (TPSA) is 96.2 Å². The average molecular weight is 475 g/mol. The highest BCUT2D eigenvalue weighted by Crippen LogP contribution is 2.59. The summed E-state index contributed by atoms with van der Waals surface area (Å²) in [7, 11) is 1.31. The summed E-state index contributed by atoms with van der Waals surface area (Å²) in [6.45, 7) is 10.5. The van der Waals surface area contributed by atoms with Gasteiger partial charge in [0.2, 0.25) is 0 Å². The zero-order valence-electron chi connectivity index (χ0n) is 21.2. The summed E-state index contributed by atoms with van der Waals surface area (Å²) < 4.78 is 9.91. The molecule has 0 bridgehead atoms. The molecule has 4 atom stereocenters. The molecule has 0 aromatic carbocycles. The van der Waals surface area contributed by atoms with Gasteiger partial charge in [0.15, 0.2) is 5.79 Å². The predicted octanol–water partition coefficient (Wildman–Crippen LogP) is 5.35. The van der Waals surface area contributed by atoms with Gasteiger partial charge in [0, 0.05) is 12.8 Å². The fourth-order valence-electron chi connectivity index (χ4n) is 6.23. The lowest BCUT2D eigenvalue weighted by molar-refractivity contribution is -0.231. The second-order valence-electron chi connectivity index (χ2n) is 11.2. The summed E-state index contributed by atoms with van der Waals surface area (Å²) in [6, 6.07) is 0. The lowest BCUT2D eigenvalue weighted by atomic mass is 9.62. The number of hydrogen-bond acceptors (Lipinski definition) is 6. The summed E-state index contributed by atoms with van der Waals surface area (Å²) in [5, 5.41) is 29.8. The van der Waals surface area contributed by atoms with Crippen LogP contribution in [0.25, 0.3) is 0 Å². The van der Waals surface area contributed by atoms with Crippen LogP contribution in [0.5, 0.6) is 0 Å². The predicted molar refractivity (Wildman–Crippen MR) is 132 cm³/mol. The van der Waals surface area contributed by atoms with Crippen molar-refractivity contribution in [3.63, 3.8) is 0 Å². The Labute approximate surface area is 204 Å². The zero-order valence-corrected chi connectivity index (χ0v) is 21.2. The highest BCUT2D eigenvalue weighted by molar-refractivity contribution is 5.60. The van der Waals surface area contributed by atoms with Gasteiger partial charge in [-0.2, -0.15) is 0 Å². The van der Waals surface area contributed by atoms with Crippen LogP contribution < -0.4 is 0 Å². The summed E-state index contributed by atoms with van der Waals surface area (Å²) in [4.78, 5) is 11.4. The minimum atomic E-state index is -2.03. The molecule has 3 N–H and O–H groups in total. The molecule has 0 spiro atoms. The minimum Gasteiger partial charge on any atom is -0.438 e. The first-order valence-corrected chi connectivity index (χ1v) is 12.5. The molecule has 0 amide bonds. The van der Waals surface area contributed by atoms with E-state index in [1.807, 2.05) is 19.9 Å². The average Bonchev–Trinajstić information content (AvgIpc) is 3.11. The van der Waals surface area contributed by atoms with Crippen LogP contribution in [0.15, 0.2) is 47.6 Å². The van der Waals surface area contributed by atoms with Crippen LogP contribution in [0.2, 0.25) is 0 Å². The molecule has 6 heteroatoms. The second-order valence-corrected chi connectivity index (χ2v) is 11.2. The quantitative estimate of drug-likeness (QED) is 0.273. The summed E-state index contributed by atoms with van der Waals surface area (Å²) >= 11 is 0. The Kier molecular flexibility index (Phi) is 8.16. The van der Waals surface area contributed by atoms with Crippen LogP contribution in [0.4, 0.5) is 4.79 Å². The fraction of sp³-hybridized carbons (Fsp3) is 0.679. The molecule has 0 heterocycles. The van der Waals surface area contributed by atoms with Gasteiger partial charge in [0.25, 0.3) is 0 Å². The molecule has 3 saturated carbocycles. The Bertz CT molecular complexity index is 864. The third-order valence-electron chi connectivity index (χ3n) is 8.17. The van der Waals surface area contributed by atoms with Crippen LogP contribution in [0.3, 0.4) is 0 Å². The van der Waals surface area contributed by atoms with E-state index in [1.54, 1.807) is 0 Å². The van der Waals surface area contributed by atoms with Crippen molar-refractivity contribution in [3.8, 4) is 0 Å². The molecule has 3 fully saturated rings. The van der Waals surface area contributed by atoms with Gasteiger partial charge in [0.1, 0.15) is 11.7 Å². The maximum absolute atomic E-state index is 11.4. The number of ether oxygens (including phenoxy) is 2. The maximum Gasteiger partial charge on any atom is 0.508 e. The molecule has 3 rings (SSSR count). The van der Waals surface area contributed by atoms with Gasteiger partial charge in [-0.15, -0.1) is 0 Å². The van der Waals surface area contributed by atoms with Crippen molar-refractivity contribution in [1.82, 2.24) is 0 Å². The smallest absolute Gasteiger partial charge is 0.438 e. The molecular weight excluding hydrogens is 432 g/mol. The van der Waals surface area contributed by atoms with Crippen LogP contribution in [0, 0.1) is 17.3 Å². The third-order valence-corrected chi connectivity index (χ3v) is 8.17. The molecule has 0 aromatic heterocycles. The first kappa shape index (κ1) is 26.7. The van der Waals surface area contributed by atoms with Gasteiger partial charge < -0.3 is 24.8 Å². The number of carbonyl (C=O) groups is 1. The molecule has 190 valence electrons. The lowest BCUT2D eigenvalue weighted by Crippen LogP contribution is -2.45. The van der Waals surface area contributed by atoms with E-state index in [0.29, 0.717) is 31.1 Å². The molecule has 0 aromatic rings. The van der Waals surface area contributed by atoms with Crippen LogP contribution in [0.1, 0.15) is 78.6 Å². The Morgan fingerprint density at radius 3 is 2.62 bits per heavy atom. The van der Waals surface area contributed by atoms with Crippen molar-refractivity contribution in [1.29, 1.82) is 0 Å². The van der Waals surface area contributed by atoms with E-state index >= 15 is 0 Å². The van der Waals surface area contributed by atoms with Crippen molar-refractivity contribution in [2.45, 2.75) is 96.1 Å². The number of allylic oxidation sites excluding steroid dienone is 5. The van der Waals surface area contributed by atoms with Gasteiger partial charge in [-0.25, -0.2) is 4.79 Å². The minimum absolute atomic E-state index is 0.0974. The Balaban J connectivity index is 1.67. The molecule has 0 saturated heterocycles. The number of methoxy groups -OCH3 is 1. The Morgan fingerprint density at radius 2 is 1.94 bits per heavy atom. The molecule has 34 heavy (non-hydrogen) atoms. The van der Waals surface area contributed by atoms with Crippen LogP contribution >= 0.6 is 0 Å². The summed E-state index contributed by atoms with van der Waals surface area (Å²) in [5.41, 5.74) is 3.07. The van der Waals surface area contributed by atoms with Gasteiger partial charge >= 0.3 is 6.16 Å². The highest BCUT2D eigenvalue weighted by Gasteiger charge is 2.49. The van der Waals surface area contributed by atoms with Crippen molar-refractivity contribution in [2.75, 3.05) is 7.11 Å². The Hall–Kier alpha value is -1.89. The number of aliphatic hydroxyl groups is 3. The first-order valence-electron chi connectivity index (χ1n) is 12.5. The number of fused-ring (bicyclic) bond motifs is 1. The van der Waals surface area contributed by atoms with Crippen LogP contribution in [-0.4, -0.2) is 46.1 Å². The number of hydrogen-bond donors (Lipinski definition) is 3. The fourth-order valence-corrected chi connectivity index (χ4v) is 6.23. The molecular formula is C28H42O6.